The number of benzene rings is 2. The van der Waals surface area contributed by atoms with E-state index in [0.717, 1.165) is 30.5 Å². The molecule has 1 amide bonds. The highest BCUT2D eigenvalue weighted by molar-refractivity contribution is 5.78. The van der Waals surface area contributed by atoms with Gasteiger partial charge in [0.15, 0.2) is 6.61 Å². The smallest absolute Gasteiger partial charge is 0.260 e. The molecule has 0 radical (unpaired) electrons. The van der Waals surface area contributed by atoms with Gasteiger partial charge in [-0.25, -0.2) is 4.68 Å². The number of aromatic nitrogens is 4. The summed E-state index contributed by atoms with van der Waals surface area (Å²) >= 11 is 0. The molecule has 2 aliphatic rings. The fourth-order valence-electron chi connectivity index (χ4n) is 5.02. The summed E-state index contributed by atoms with van der Waals surface area (Å²) in [5.41, 5.74) is 0.900. The number of hydrogen-bond acceptors (Lipinski definition) is 6. The minimum Gasteiger partial charge on any atom is -0.484 e. The van der Waals surface area contributed by atoms with Crippen LogP contribution < -0.4 is 4.74 Å². The van der Waals surface area contributed by atoms with E-state index in [2.05, 4.69) is 15.5 Å². The SMILES string of the molecule is O=C(COc1ccc(-n2cnnn2)cc1)N1C[C@H]2CCC[C@](O)(c3ccccc3)[C@H]2C1. The Kier molecular flexibility index (Phi) is 5.15. The number of aliphatic hydroxyl groups is 1. The van der Waals surface area contributed by atoms with Crippen molar-refractivity contribution in [3.05, 3.63) is 66.5 Å². The zero-order valence-corrected chi connectivity index (χ0v) is 17.2. The molecule has 0 unspecified atom stereocenters. The molecule has 160 valence electrons. The predicted molar refractivity (Wildman–Crippen MR) is 112 cm³/mol. The monoisotopic (exact) mass is 419 g/mol. The minimum atomic E-state index is -0.869. The van der Waals surface area contributed by atoms with Crippen LogP contribution in [0.4, 0.5) is 0 Å². The Bertz CT molecular complexity index is 1030. The van der Waals surface area contributed by atoms with Crippen LogP contribution in [0.1, 0.15) is 24.8 Å². The summed E-state index contributed by atoms with van der Waals surface area (Å²) in [6, 6.07) is 17.1. The predicted octanol–water partition coefficient (Wildman–Crippen LogP) is 2.19. The molecule has 5 rings (SSSR count). The van der Waals surface area contributed by atoms with E-state index in [9.17, 15) is 9.90 Å². The highest BCUT2D eigenvalue weighted by Gasteiger charge is 2.50. The molecule has 8 heteroatoms. The summed E-state index contributed by atoms with van der Waals surface area (Å²) in [6.07, 6.45) is 4.27. The fourth-order valence-corrected chi connectivity index (χ4v) is 5.02. The lowest BCUT2D eigenvalue weighted by Gasteiger charge is -2.41. The number of ether oxygens (including phenoxy) is 1. The summed E-state index contributed by atoms with van der Waals surface area (Å²) in [5.74, 6) is 0.943. The van der Waals surface area contributed by atoms with Crippen molar-refractivity contribution in [3.8, 4) is 11.4 Å². The molecule has 31 heavy (non-hydrogen) atoms. The maximum atomic E-state index is 12.9. The second kappa shape index (κ2) is 8.11. The second-order valence-corrected chi connectivity index (χ2v) is 8.38. The molecule has 1 aliphatic heterocycles. The van der Waals surface area contributed by atoms with Gasteiger partial charge in [0, 0.05) is 19.0 Å². The topological polar surface area (TPSA) is 93.4 Å². The van der Waals surface area contributed by atoms with E-state index in [1.165, 1.54) is 6.33 Å². The van der Waals surface area contributed by atoms with Crippen LogP contribution >= 0.6 is 0 Å². The number of fused-ring (bicyclic) bond motifs is 1. The van der Waals surface area contributed by atoms with Gasteiger partial charge in [0.25, 0.3) is 5.91 Å². The lowest BCUT2D eigenvalue weighted by molar-refractivity contribution is -0.133. The van der Waals surface area contributed by atoms with Crippen molar-refractivity contribution in [1.82, 2.24) is 25.1 Å². The molecule has 3 aromatic rings. The van der Waals surface area contributed by atoms with Gasteiger partial charge in [-0.3, -0.25) is 4.79 Å². The first-order valence-electron chi connectivity index (χ1n) is 10.7. The van der Waals surface area contributed by atoms with Crippen LogP contribution in [0.15, 0.2) is 60.9 Å². The number of nitrogens with zero attached hydrogens (tertiary/aromatic N) is 5. The van der Waals surface area contributed by atoms with Gasteiger partial charge in [-0.05, 0) is 65.4 Å². The third-order valence-electron chi connectivity index (χ3n) is 6.63. The molecule has 0 bridgehead atoms. The maximum Gasteiger partial charge on any atom is 0.260 e. The van der Waals surface area contributed by atoms with E-state index >= 15 is 0 Å². The van der Waals surface area contributed by atoms with Crippen molar-refractivity contribution in [2.24, 2.45) is 11.8 Å². The van der Waals surface area contributed by atoms with Crippen molar-refractivity contribution in [2.45, 2.75) is 24.9 Å². The van der Waals surface area contributed by atoms with Crippen molar-refractivity contribution in [1.29, 1.82) is 0 Å². The van der Waals surface area contributed by atoms with Crippen LogP contribution in [0.3, 0.4) is 0 Å². The fraction of sp³-hybridized carbons (Fsp3) is 0.391. The number of rotatable bonds is 5. The van der Waals surface area contributed by atoms with Gasteiger partial charge in [0.05, 0.1) is 11.3 Å². The zero-order chi connectivity index (χ0) is 21.3. The van der Waals surface area contributed by atoms with Gasteiger partial charge in [-0.2, -0.15) is 0 Å². The van der Waals surface area contributed by atoms with E-state index in [-0.39, 0.29) is 18.4 Å². The normalized spacial score (nSPS) is 25.3. The standard InChI is InChI=1S/C23H25N5O3/c29-22(15-31-20-10-8-19(9-11-20)28-16-24-25-26-28)27-13-17-5-4-12-23(30,21(17)14-27)18-6-2-1-3-7-18/h1-3,6-11,16-17,21,30H,4-5,12-15H2/t17-,21+,23+/m1/s1. The maximum absolute atomic E-state index is 12.9. The third kappa shape index (κ3) is 3.79. The average molecular weight is 419 g/mol. The Balaban J connectivity index is 1.22. The first-order chi connectivity index (χ1) is 15.1. The van der Waals surface area contributed by atoms with Crippen LogP contribution in [0.2, 0.25) is 0 Å². The summed E-state index contributed by atoms with van der Waals surface area (Å²) in [5, 5.41) is 22.6. The van der Waals surface area contributed by atoms with Crippen molar-refractivity contribution >= 4 is 5.91 Å². The molecular weight excluding hydrogens is 394 g/mol. The first-order valence-corrected chi connectivity index (χ1v) is 10.7. The molecular formula is C23H25N5O3. The molecule has 1 aliphatic carbocycles. The van der Waals surface area contributed by atoms with E-state index in [1.807, 2.05) is 47.4 Å². The summed E-state index contributed by atoms with van der Waals surface area (Å²) in [6.45, 7) is 1.23. The molecule has 3 atom stereocenters. The van der Waals surface area contributed by atoms with Gasteiger partial charge in [0.2, 0.25) is 0 Å². The number of likely N-dealkylation sites (tertiary alicyclic amines) is 1. The Morgan fingerprint density at radius 1 is 1.13 bits per heavy atom. The number of carbonyl (C=O) groups excluding carboxylic acids is 1. The number of carbonyl (C=O) groups is 1. The first kappa shape index (κ1) is 19.7. The molecule has 1 saturated heterocycles. The van der Waals surface area contributed by atoms with Crippen LogP contribution in [0.5, 0.6) is 5.75 Å². The summed E-state index contributed by atoms with van der Waals surface area (Å²) in [4.78, 5) is 14.7. The molecule has 1 aromatic heterocycles. The second-order valence-electron chi connectivity index (χ2n) is 8.38. The molecule has 2 heterocycles. The van der Waals surface area contributed by atoms with E-state index < -0.39 is 5.60 Å². The van der Waals surface area contributed by atoms with Gasteiger partial charge >= 0.3 is 0 Å². The molecule has 2 fully saturated rings. The number of tetrazole rings is 1. The highest BCUT2D eigenvalue weighted by atomic mass is 16.5. The molecule has 1 saturated carbocycles. The lowest BCUT2D eigenvalue weighted by Crippen LogP contribution is -2.43. The van der Waals surface area contributed by atoms with E-state index in [0.29, 0.717) is 24.8 Å². The van der Waals surface area contributed by atoms with Crippen LogP contribution in [-0.4, -0.2) is 55.8 Å². The number of hydrogen-bond donors (Lipinski definition) is 1. The van der Waals surface area contributed by atoms with Gasteiger partial charge in [-0.15, -0.1) is 5.10 Å². The van der Waals surface area contributed by atoms with E-state index in [1.54, 1.807) is 16.8 Å². The van der Waals surface area contributed by atoms with Gasteiger partial charge in [0.1, 0.15) is 12.1 Å². The molecule has 8 nitrogen and oxygen atoms in total. The quantitative estimate of drug-likeness (QED) is 0.681. The molecule has 1 N–H and O–H groups in total. The van der Waals surface area contributed by atoms with Crippen molar-refractivity contribution < 1.29 is 14.6 Å². The zero-order valence-electron chi connectivity index (χ0n) is 17.2. The molecule has 2 aromatic carbocycles. The Labute approximate surface area is 180 Å². The van der Waals surface area contributed by atoms with Gasteiger partial charge < -0.3 is 14.7 Å². The average Bonchev–Trinajstić information content (AvgIpc) is 3.50. The third-order valence-corrected chi connectivity index (χ3v) is 6.63. The van der Waals surface area contributed by atoms with E-state index in [4.69, 9.17) is 4.74 Å². The minimum absolute atomic E-state index is 0.0204. The summed E-state index contributed by atoms with van der Waals surface area (Å²) < 4.78 is 7.28. The Morgan fingerprint density at radius 3 is 2.68 bits per heavy atom. The van der Waals surface area contributed by atoms with Crippen LogP contribution in [0, 0.1) is 11.8 Å². The van der Waals surface area contributed by atoms with Crippen LogP contribution in [0.25, 0.3) is 5.69 Å². The van der Waals surface area contributed by atoms with Crippen LogP contribution in [-0.2, 0) is 10.4 Å². The Hall–Kier alpha value is -3.26. The van der Waals surface area contributed by atoms with Crippen molar-refractivity contribution in [3.63, 3.8) is 0 Å². The summed E-state index contributed by atoms with van der Waals surface area (Å²) in [7, 11) is 0. The van der Waals surface area contributed by atoms with Crippen molar-refractivity contribution in [2.75, 3.05) is 19.7 Å². The number of amides is 1. The van der Waals surface area contributed by atoms with Gasteiger partial charge in [-0.1, -0.05) is 30.3 Å². The molecule has 0 spiro atoms. The highest BCUT2D eigenvalue weighted by Crippen LogP contribution is 2.48. The lowest BCUT2D eigenvalue weighted by atomic mass is 9.67. The largest absolute Gasteiger partial charge is 0.484 e. The Morgan fingerprint density at radius 2 is 1.94 bits per heavy atom.